The summed E-state index contributed by atoms with van der Waals surface area (Å²) in [6.45, 7) is 0. The molecule has 0 heterocycles. The van der Waals surface area contributed by atoms with Gasteiger partial charge in [-0.3, -0.25) is 9.98 Å². The maximum absolute atomic E-state index is 10.4. The van der Waals surface area contributed by atoms with Crippen LogP contribution < -0.4 is 0 Å². The number of aliphatic imine (C=N–C) groups is 2. The quantitative estimate of drug-likeness (QED) is 0.245. The SMILES string of the molecule is Oc1ccccc1C=NC(Cc1ccccc1O)C(Cc1ccccc1O)N=Cc1ccccc1O. The normalized spacial score (nSPS) is 13.2. The summed E-state index contributed by atoms with van der Waals surface area (Å²) in [6, 6.07) is 27.0. The first-order valence-corrected chi connectivity index (χ1v) is 11.7. The van der Waals surface area contributed by atoms with Crippen molar-refractivity contribution in [2.75, 3.05) is 0 Å². The summed E-state index contributed by atoms with van der Waals surface area (Å²) in [4.78, 5) is 9.60. The van der Waals surface area contributed by atoms with Crippen molar-refractivity contribution in [3.8, 4) is 23.0 Å². The Hall–Kier alpha value is -4.58. The Morgan fingerprint density at radius 3 is 1.17 bits per heavy atom. The summed E-state index contributed by atoms with van der Waals surface area (Å²) < 4.78 is 0. The van der Waals surface area contributed by atoms with E-state index in [1.54, 1.807) is 73.1 Å². The van der Waals surface area contributed by atoms with Crippen molar-refractivity contribution >= 4 is 12.4 Å². The Morgan fingerprint density at radius 2 is 0.806 bits per heavy atom. The van der Waals surface area contributed by atoms with Gasteiger partial charge < -0.3 is 20.4 Å². The fourth-order valence-corrected chi connectivity index (χ4v) is 3.94. The highest BCUT2D eigenvalue weighted by atomic mass is 16.3. The first-order valence-electron chi connectivity index (χ1n) is 11.7. The third-order valence-electron chi connectivity index (χ3n) is 5.97. The molecule has 4 N–H and O–H groups in total. The van der Waals surface area contributed by atoms with Crippen molar-refractivity contribution in [2.24, 2.45) is 9.98 Å². The zero-order valence-electron chi connectivity index (χ0n) is 19.6. The lowest BCUT2D eigenvalue weighted by Crippen LogP contribution is -2.28. The predicted molar refractivity (Wildman–Crippen MR) is 143 cm³/mol. The molecule has 4 aromatic rings. The second-order valence-corrected chi connectivity index (χ2v) is 8.47. The molecule has 6 heteroatoms. The molecule has 0 aliphatic rings. The van der Waals surface area contributed by atoms with Gasteiger partial charge in [-0.2, -0.15) is 0 Å². The highest BCUT2D eigenvalue weighted by Crippen LogP contribution is 2.26. The number of phenolic OH excluding ortho intramolecular Hbond substituents is 4. The average molecular weight is 481 g/mol. The molecule has 0 spiro atoms. The van der Waals surface area contributed by atoms with Gasteiger partial charge in [-0.15, -0.1) is 0 Å². The monoisotopic (exact) mass is 480 g/mol. The second kappa shape index (κ2) is 11.7. The summed E-state index contributed by atoms with van der Waals surface area (Å²) in [5.41, 5.74) is 2.53. The van der Waals surface area contributed by atoms with Crippen LogP contribution in [0.2, 0.25) is 0 Å². The van der Waals surface area contributed by atoms with E-state index in [4.69, 9.17) is 9.98 Å². The molecule has 4 rings (SSSR count). The maximum atomic E-state index is 10.4. The van der Waals surface area contributed by atoms with Crippen LogP contribution in [0.15, 0.2) is 107 Å². The molecule has 2 atom stereocenters. The molecule has 0 bridgehead atoms. The first-order chi connectivity index (χ1) is 17.5. The summed E-state index contributed by atoms with van der Waals surface area (Å²) in [5.74, 6) is 0.535. The van der Waals surface area contributed by atoms with Gasteiger partial charge in [-0.1, -0.05) is 60.7 Å². The molecular weight excluding hydrogens is 452 g/mol. The van der Waals surface area contributed by atoms with Gasteiger partial charge in [0.2, 0.25) is 0 Å². The summed E-state index contributed by atoms with van der Waals surface area (Å²) in [6.07, 6.45) is 3.95. The van der Waals surface area contributed by atoms with Crippen LogP contribution in [-0.2, 0) is 12.8 Å². The van der Waals surface area contributed by atoms with E-state index in [9.17, 15) is 20.4 Å². The Morgan fingerprint density at radius 1 is 0.472 bits per heavy atom. The molecule has 0 saturated carbocycles. The van der Waals surface area contributed by atoms with Crippen LogP contribution in [0.1, 0.15) is 22.3 Å². The van der Waals surface area contributed by atoms with E-state index in [0.717, 1.165) is 0 Å². The molecule has 4 aromatic carbocycles. The molecule has 36 heavy (non-hydrogen) atoms. The third kappa shape index (κ3) is 6.30. The average Bonchev–Trinajstić information content (AvgIpc) is 2.88. The topological polar surface area (TPSA) is 106 Å². The van der Waals surface area contributed by atoms with E-state index in [2.05, 4.69) is 0 Å². The molecule has 0 aliphatic carbocycles. The van der Waals surface area contributed by atoms with Crippen LogP contribution in [-0.4, -0.2) is 44.9 Å². The lowest BCUT2D eigenvalue weighted by molar-refractivity contribution is 0.448. The molecule has 2 unspecified atom stereocenters. The van der Waals surface area contributed by atoms with E-state index >= 15 is 0 Å². The number of aromatic hydroxyl groups is 4. The Labute approximate surface area is 210 Å². The van der Waals surface area contributed by atoms with Crippen LogP contribution in [0.4, 0.5) is 0 Å². The Bertz CT molecular complexity index is 1260. The van der Waals surface area contributed by atoms with Crippen molar-refractivity contribution < 1.29 is 20.4 Å². The van der Waals surface area contributed by atoms with Crippen molar-refractivity contribution in [3.63, 3.8) is 0 Å². The van der Waals surface area contributed by atoms with E-state index in [0.29, 0.717) is 35.1 Å². The number of hydrogen-bond acceptors (Lipinski definition) is 6. The highest BCUT2D eigenvalue weighted by molar-refractivity contribution is 5.84. The molecule has 0 aromatic heterocycles. The number of phenols is 4. The van der Waals surface area contributed by atoms with E-state index in [1.165, 1.54) is 0 Å². The lowest BCUT2D eigenvalue weighted by Gasteiger charge is -2.22. The van der Waals surface area contributed by atoms with Crippen LogP contribution >= 0.6 is 0 Å². The standard InChI is InChI=1S/C30H28N2O4/c33-27-13-5-1-9-21(27)17-25(31-19-23-11-3-7-15-29(23)35)26(18-22-10-2-6-14-28(22)34)32-20-24-12-4-8-16-30(24)36/h1-16,19-20,25-26,33-36H,17-18H2. The minimum absolute atomic E-state index is 0.109. The number of rotatable bonds is 9. The Balaban J connectivity index is 1.75. The molecule has 0 saturated heterocycles. The zero-order valence-corrected chi connectivity index (χ0v) is 19.6. The number of benzene rings is 4. The smallest absolute Gasteiger partial charge is 0.124 e. The van der Waals surface area contributed by atoms with E-state index in [1.807, 2.05) is 36.4 Å². The Kier molecular flexibility index (Phi) is 7.98. The van der Waals surface area contributed by atoms with Crippen molar-refractivity contribution in [1.82, 2.24) is 0 Å². The van der Waals surface area contributed by atoms with Gasteiger partial charge in [0.25, 0.3) is 0 Å². The van der Waals surface area contributed by atoms with Crippen LogP contribution in [0.3, 0.4) is 0 Å². The minimum atomic E-state index is -0.459. The summed E-state index contributed by atoms with van der Waals surface area (Å²) in [7, 11) is 0. The van der Waals surface area contributed by atoms with Gasteiger partial charge in [-0.05, 0) is 47.5 Å². The lowest BCUT2D eigenvalue weighted by atomic mass is 9.94. The number of nitrogens with zero attached hydrogens (tertiary/aromatic N) is 2. The number of para-hydroxylation sites is 4. The number of hydrogen-bond donors (Lipinski definition) is 4. The minimum Gasteiger partial charge on any atom is -0.508 e. The zero-order chi connectivity index (χ0) is 25.3. The molecule has 0 radical (unpaired) electrons. The maximum Gasteiger partial charge on any atom is 0.124 e. The van der Waals surface area contributed by atoms with Gasteiger partial charge in [0.15, 0.2) is 0 Å². The van der Waals surface area contributed by atoms with Crippen molar-refractivity contribution in [3.05, 3.63) is 119 Å². The molecule has 0 amide bonds. The van der Waals surface area contributed by atoms with Gasteiger partial charge in [0.1, 0.15) is 23.0 Å². The summed E-state index contributed by atoms with van der Waals surface area (Å²) >= 11 is 0. The van der Waals surface area contributed by atoms with Gasteiger partial charge >= 0.3 is 0 Å². The van der Waals surface area contributed by atoms with Crippen LogP contribution in [0.25, 0.3) is 0 Å². The molecular formula is C30H28N2O4. The summed E-state index contributed by atoms with van der Waals surface area (Å²) in [5, 5.41) is 41.3. The van der Waals surface area contributed by atoms with E-state index in [-0.39, 0.29) is 23.0 Å². The predicted octanol–water partition coefficient (Wildman–Crippen LogP) is 5.27. The van der Waals surface area contributed by atoms with E-state index < -0.39 is 12.1 Å². The molecule has 0 fully saturated rings. The van der Waals surface area contributed by atoms with Gasteiger partial charge in [-0.25, -0.2) is 0 Å². The van der Waals surface area contributed by atoms with Crippen molar-refractivity contribution in [2.45, 2.75) is 24.9 Å². The fraction of sp³-hybridized carbons (Fsp3) is 0.133. The van der Waals surface area contributed by atoms with Gasteiger partial charge in [0.05, 0.1) is 12.1 Å². The first kappa shape index (κ1) is 24.5. The highest BCUT2D eigenvalue weighted by Gasteiger charge is 2.23. The van der Waals surface area contributed by atoms with Crippen LogP contribution in [0.5, 0.6) is 23.0 Å². The van der Waals surface area contributed by atoms with Crippen molar-refractivity contribution in [1.29, 1.82) is 0 Å². The molecule has 182 valence electrons. The molecule has 6 nitrogen and oxygen atoms in total. The van der Waals surface area contributed by atoms with Gasteiger partial charge in [0, 0.05) is 36.4 Å². The second-order valence-electron chi connectivity index (χ2n) is 8.47. The molecule has 0 aliphatic heterocycles. The van der Waals surface area contributed by atoms with Crippen LogP contribution in [0, 0.1) is 0 Å². The largest absolute Gasteiger partial charge is 0.508 e. The third-order valence-corrected chi connectivity index (χ3v) is 5.97. The fourth-order valence-electron chi connectivity index (χ4n) is 3.94.